The van der Waals surface area contributed by atoms with E-state index in [-0.39, 0.29) is 0 Å². The third-order valence-electron chi connectivity index (χ3n) is 3.12. The maximum atomic E-state index is 5.98. The molecule has 0 bridgehead atoms. The van der Waals surface area contributed by atoms with Gasteiger partial charge in [-0.25, -0.2) is 4.98 Å². The van der Waals surface area contributed by atoms with Crippen LogP contribution in [-0.2, 0) is 4.74 Å². The van der Waals surface area contributed by atoms with Crippen molar-refractivity contribution in [3.05, 3.63) is 24.3 Å². The smallest absolute Gasteiger partial charge is 0.201 e. The predicted octanol–water partition coefficient (Wildman–Crippen LogP) is 1.97. The zero-order valence-corrected chi connectivity index (χ0v) is 9.10. The third-order valence-corrected chi connectivity index (χ3v) is 3.12. The highest BCUT2D eigenvalue weighted by Gasteiger charge is 2.20. The van der Waals surface area contributed by atoms with Gasteiger partial charge in [0.15, 0.2) is 0 Å². The van der Waals surface area contributed by atoms with Crippen LogP contribution in [0.3, 0.4) is 0 Å². The highest BCUT2D eigenvalue weighted by Crippen LogP contribution is 2.27. The monoisotopic (exact) mass is 217 g/mol. The van der Waals surface area contributed by atoms with E-state index >= 15 is 0 Å². The molecule has 0 saturated carbocycles. The lowest BCUT2D eigenvalue weighted by Gasteiger charge is -2.24. The maximum absolute atomic E-state index is 5.98. The fraction of sp³-hybridized carbons (Fsp3) is 0.417. The van der Waals surface area contributed by atoms with Crippen molar-refractivity contribution in [2.75, 3.05) is 18.9 Å². The number of nitrogen functional groups attached to an aromatic ring is 1. The molecule has 0 aliphatic carbocycles. The summed E-state index contributed by atoms with van der Waals surface area (Å²) >= 11 is 0. The van der Waals surface area contributed by atoms with Crippen molar-refractivity contribution in [1.82, 2.24) is 9.55 Å². The summed E-state index contributed by atoms with van der Waals surface area (Å²) in [5, 5.41) is 0. The molecular formula is C12H15N3O. The van der Waals surface area contributed by atoms with Crippen molar-refractivity contribution in [2.24, 2.45) is 0 Å². The van der Waals surface area contributed by atoms with E-state index in [1.54, 1.807) is 0 Å². The van der Waals surface area contributed by atoms with Crippen LogP contribution in [0.2, 0.25) is 0 Å². The molecule has 1 aliphatic heterocycles. The molecule has 4 nitrogen and oxygen atoms in total. The molecule has 1 aliphatic rings. The van der Waals surface area contributed by atoms with Crippen molar-refractivity contribution >= 4 is 17.0 Å². The molecule has 1 saturated heterocycles. The van der Waals surface area contributed by atoms with Gasteiger partial charge in [-0.05, 0) is 25.0 Å². The van der Waals surface area contributed by atoms with E-state index in [0.717, 1.165) is 37.1 Å². The van der Waals surface area contributed by atoms with Crippen LogP contribution in [0.25, 0.3) is 11.0 Å². The van der Waals surface area contributed by atoms with Crippen LogP contribution in [0, 0.1) is 0 Å². The van der Waals surface area contributed by atoms with E-state index in [1.807, 2.05) is 18.2 Å². The standard InChI is InChI=1S/C12H15N3O/c13-12-14-10-5-1-2-6-11(10)15(12)9-4-3-7-16-8-9/h1-2,5-6,9H,3-4,7-8H2,(H2,13,14)/t9-/m0/s1. The molecule has 0 radical (unpaired) electrons. The number of imidazole rings is 1. The topological polar surface area (TPSA) is 53.1 Å². The van der Waals surface area contributed by atoms with Gasteiger partial charge in [0.05, 0.1) is 23.7 Å². The molecule has 0 unspecified atom stereocenters. The number of anilines is 1. The summed E-state index contributed by atoms with van der Waals surface area (Å²) in [4.78, 5) is 4.37. The Balaban J connectivity index is 2.10. The molecule has 84 valence electrons. The van der Waals surface area contributed by atoms with Gasteiger partial charge in [-0.2, -0.15) is 0 Å². The van der Waals surface area contributed by atoms with E-state index in [4.69, 9.17) is 10.5 Å². The molecule has 16 heavy (non-hydrogen) atoms. The normalized spacial score (nSPS) is 21.4. The lowest BCUT2D eigenvalue weighted by molar-refractivity contribution is 0.0611. The summed E-state index contributed by atoms with van der Waals surface area (Å²) in [7, 11) is 0. The zero-order chi connectivity index (χ0) is 11.0. The minimum absolute atomic E-state index is 0.334. The number of fused-ring (bicyclic) bond motifs is 1. The zero-order valence-electron chi connectivity index (χ0n) is 9.10. The molecule has 0 spiro atoms. The first kappa shape index (κ1) is 9.66. The van der Waals surface area contributed by atoms with Crippen LogP contribution in [0.5, 0.6) is 0 Å². The van der Waals surface area contributed by atoms with Gasteiger partial charge in [0.2, 0.25) is 5.95 Å². The third kappa shape index (κ3) is 1.46. The molecule has 4 heteroatoms. The number of benzene rings is 1. The van der Waals surface area contributed by atoms with Crippen LogP contribution in [0.1, 0.15) is 18.9 Å². The van der Waals surface area contributed by atoms with E-state index in [9.17, 15) is 0 Å². The summed E-state index contributed by atoms with van der Waals surface area (Å²) in [5.41, 5.74) is 8.05. The van der Waals surface area contributed by atoms with Gasteiger partial charge in [-0.15, -0.1) is 0 Å². The number of ether oxygens (including phenoxy) is 1. The van der Waals surface area contributed by atoms with Crippen molar-refractivity contribution < 1.29 is 4.74 Å². The lowest BCUT2D eigenvalue weighted by atomic mass is 10.1. The summed E-state index contributed by atoms with van der Waals surface area (Å²) in [6.45, 7) is 1.60. The number of nitrogens with zero attached hydrogens (tertiary/aromatic N) is 2. The molecule has 2 N–H and O–H groups in total. The second-order valence-corrected chi connectivity index (χ2v) is 4.20. The minimum atomic E-state index is 0.334. The first-order valence-electron chi connectivity index (χ1n) is 5.66. The summed E-state index contributed by atoms with van der Waals surface area (Å²) in [5.74, 6) is 0.594. The van der Waals surface area contributed by atoms with Crippen LogP contribution in [-0.4, -0.2) is 22.8 Å². The van der Waals surface area contributed by atoms with E-state index < -0.39 is 0 Å². The molecule has 0 amide bonds. The van der Waals surface area contributed by atoms with Gasteiger partial charge in [-0.3, -0.25) is 0 Å². The second-order valence-electron chi connectivity index (χ2n) is 4.20. The Labute approximate surface area is 94.0 Å². The number of aromatic nitrogens is 2. The van der Waals surface area contributed by atoms with Gasteiger partial charge in [-0.1, -0.05) is 12.1 Å². The molecule has 2 heterocycles. The van der Waals surface area contributed by atoms with Crippen LogP contribution in [0.15, 0.2) is 24.3 Å². The predicted molar refractivity (Wildman–Crippen MR) is 63.2 cm³/mol. The van der Waals surface area contributed by atoms with Crippen LogP contribution < -0.4 is 5.73 Å². The van der Waals surface area contributed by atoms with Crippen molar-refractivity contribution in [3.8, 4) is 0 Å². The Kier molecular flexibility index (Phi) is 2.29. The first-order valence-corrected chi connectivity index (χ1v) is 5.66. The highest BCUT2D eigenvalue weighted by molar-refractivity contribution is 5.78. The van der Waals surface area contributed by atoms with E-state index in [2.05, 4.69) is 15.6 Å². The summed E-state index contributed by atoms with van der Waals surface area (Å²) in [6.07, 6.45) is 2.21. The molecule has 1 atom stereocenters. The van der Waals surface area contributed by atoms with Crippen LogP contribution >= 0.6 is 0 Å². The summed E-state index contributed by atoms with van der Waals surface area (Å²) < 4.78 is 7.61. The fourth-order valence-electron chi connectivity index (χ4n) is 2.37. The fourth-order valence-corrected chi connectivity index (χ4v) is 2.37. The molecule has 3 rings (SSSR count). The van der Waals surface area contributed by atoms with Gasteiger partial charge in [0.1, 0.15) is 0 Å². The summed E-state index contributed by atoms with van der Waals surface area (Å²) in [6, 6.07) is 8.39. The average molecular weight is 217 g/mol. The second kappa shape index (κ2) is 3.79. The Hall–Kier alpha value is -1.55. The molecular weight excluding hydrogens is 202 g/mol. The molecule has 1 aromatic carbocycles. The number of hydrogen-bond donors (Lipinski definition) is 1. The minimum Gasteiger partial charge on any atom is -0.379 e. The van der Waals surface area contributed by atoms with Crippen molar-refractivity contribution in [2.45, 2.75) is 18.9 Å². The van der Waals surface area contributed by atoms with E-state index in [1.165, 1.54) is 0 Å². The number of rotatable bonds is 1. The largest absolute Gasteiger partial charge is 0.379 e. The lowest BCUT2D eigenvalue weighted by Crippen LogP contribution is -2.22. The Bertz CT molecular complexity index is 500. The number of hydrogen-bond acceptors (Lipinski definition) is 3. The SMILES string of the molecule is Nc1nc2ccccc2n1[C@H]1CCCOC1. The average Bonchev–Trinajstić information content (AvgIpc) is 2.66. The van der Waals surface area contributed by atoms with Crippen molar-refractivity contribution in [1.29, 1.82) is 0 Å². The quantitative estimate of drug-likeness (QED) is 0.794. The van der Waals surface area contributed by atoms with E-state index in [0.29, 0.717) is 12.0 Å². The first-order chi connectivity index (χ1) is 7.86. The maximum Gasteiger partial charge on any atom is 0.201 e. The van der Waals surface area contributed by atoms with Crippen molar-refractivity contribution in [3.63, 3.8) is 0 Å². The molecule has 1 fully saturated rings. The molecule has 2 aromatic rings. The Morgan fingerprint density at radius 1 is 1.38 bits per heavy atom. The Morgan fingerprint density at radius 2 is 2.25 bits per heavy atom. The number of nitrogens with two attached hydrogens (primary N) is 1. The number of para-hydroxylation sites is 2. The van der Waals surface area contributed by atoms with Gasteiger partial charge in [0, 0.05) is 6.61 Å². The van der Waals surface area contributed by atoms with Gasteiger partial charge < -0.3 is 15.0 Å². The Morgan fingerprint density at radius 3 is 3.06 bits per heavy atom. The molecule has 1 aromatic heterocycles. The highest BCUT2D eigenvalue weighted by atomic mass is 16.5. The van der Waals surface area contributed by atoms with Gasteiger partial charge >= 0.3 is 0 Å². The van der Waals surface area contributed by atoms with Gasteiger partial charge in [0.25, 0.3) is 0 Å². The van der Waals surface area contributed by atoms with Crippen LogP contribution in [0.4, 0.5) is 5.95 Å².